The van der Waals surface area contributed by atoms with Crippen LogP contribution in [0.5, 0.6) is 0 Å². The number of anilines is 1. The van der Waals surface area contributed by atoms with Gasteiger partial charge in [-0.05, 0) is 25.0 Å². The summed E-state index contributed by atoms with van der Waals surface area (Å²) in [5, 5.41) is 10.8. The third-order valence-corrected chi connectivity index (χ3v) is 2.61. The molecule has 1 fully saturated rings. The lowest BCUT2D eigenvalue weighted by Gasteiger charge is -2.27. The lowest BCUT2D eigenvalue weighted by Crippen LogP contribution is -2.44. The van der Waals surface area contributed by atoms with Crippen LogP contribution in [0.3, 0.4) is 0 Å². The van der Waals surface area contributed by atoms with E-state index in [-0.39, 0.29) is 0 Å². The van der Waals surface area contributed by atoms with Crippen molar-refractivity contribution < 1.29 is 9.90 Å². The molecule has 0 aliphatic carbocycles. The summed E-state index contributed by atoms with van der Waals surface area (Å²) in [6, 6.07) is 9.17. The second-order valence-electron chi connectivity index (χ2n) is 3.51. The van der Waals surface area contributed by atoms with Gasteiger partial charge in [-0.2, -0.15) is 0 Å². The molecular formula is C11H12NO2-. The minimum atomic E-state index is -0.966. The summed E-state index contributed by atoms with van der Waals surface area (Å²) in [6.45, 7) is 0.808. The molecule has 1 aromatic carbocycles. The molecule has 0 spiro atoms. The van der Waals surface area contributed by atoms with Crippen molar-refractivity contribution in [3.05, 3.63) is 30.3 Å². The quantitative estimate of drug-likeness (QED) is 0.678. The summed E-state index contributed by atoms with van der Waals surface area (Å²) >= 11 is 0. The Balaban J connectivity index is 2.22. The molecule has 1 aliphatic heterocycles. The van der Waals surface area contributed by atoms with Crippen LogP contribution in [0.1, 0.15) is 12.8 Å². The molecule has 0 N–H and O–H groups in total. The number of carbonyl (C=O) groups is 1. The molecule has 74 valence electrons. The van der Waals surface area contributed by atoms with Crippen LogP contribution in [0.2, 0.25) is 0 Å². The fraction of sp³-hybridized carbons (Fsp3) is 0.364. The molecule has 1 atom stereocenters. The van der Waals surface area contributed by atoms with E-state index >= 15 is 0 Å². The van der Waals surface area contributed by atoms with Crippen molar-refractivity contribution in [3.63, 3.8) is 0 Å². The maximum absolute atomic E-state index is 10.8. The monoisotopic (exact) mass is 190 g/mol. The SMILES string of the molecule is O=C([O-])[C@@H]1CCCN1c1ccccc1. The molecule has 0 aromatic heterocycles. The number of hydrogen-bond acceptors (Lipinski definition) is 3. The molecule has 14 heavy (non-hydrogen) atoms. The van der Waals surface area contributed by atoms with Crippen molar-refractivity contribution in [1.82, 2.24) is 0 Å². The summed E-state index contributed by atoms with van der Waals surface area (Å²) in [4.78, 5) is 12.7. The van der Waals surface area contributed by atoms with E-state index in [0.717, 1.165) is 18.7 Å². The average molecular weight is 190 g/mol. The molecule has 0 radical (unpaired) electrons. The van der Waals surface area contributed by atoms with Gasteiger partial charge in [0, 0.05) is 12.2 Å². The Bertz CT molecular complexity index is 323. The van der Waals surface area contributed by atoms with Crippen LogP contribution in [0.25, 0.3) is 0 Å². The molecule has 0 saturated carbocycles. The molecule has 3 nitrogen and oxygen atoms in total. The average Bonchev–Trinajstić information content (AvgIpc) is 2.67. The van der Waals surface area contributed by atoms with E-state index in [1.54, 1.807) is 0 Å². The molecule has 3 heteroatoms. The number of aliphatic carboxylic acids is 1. The van der Waals surface area contributed by atoms with Crippen molar-refractivity contribution in [2.75, 3.05) is 11.4 Å². The number of nitrogens with zero attached hydrogens (tertiary/aromatic N) is 1. The fourth-order valence-corrected chi connectivity index (χ4v) is 1.94. The van der Waals surface area contributed by atoms with E-state index in [1.807, 2.05) is 35.2 Å². The minimum Gasteiger partial charge on any atom is -0.548 e. The van der Waals surface area contributed by atoms with Gasteiger partial charge in [0.25, 0.3) is 0 Å². The highest BCUT2D eigenvalue weighted by Crippen LogP contribution is 2.24. The van der Waals surface area contributed by atoms with Gasteiger partial charge in [0.1, 0.15) is 0 Å². The predicted molar refractivity (Wildman–Crippen MR) is 51.8 cm³/mol. The Labute approximate surface area is 83.0 Å². The molecule has 0 amide bonds. The summed E-state index contributed by atoms with van der Waals surface area (Å²) in [5.74, 6) is -0.966. The Morgan fingerprint density at radius 1 is 1.36 bits per heavy atom. The second-order valence-corrected chi connectivity index (χ2v) is 3.51. The summed E-state index contributed by atoms with van der Waals surface area (Å²) in [7, 11) is 0. The molecule has 0 bridgehead atoms. The first kappa shape index (κ1) is 9.06. The number of rotatable bonds is 2. The normalized spacial score (nSPS) is 21.1. The molecule has 0 unspecified atom stereocenters. The largest absolute Gasteiger partial charge is 0.548 e. The van der Waals surface area contributed by atoms with Crippen LogP contribution in [-0.4, -0.2) is 18.6 Å². The lowest BCUT2D eigenvalue weighted by molar-refractivity contribution is -0.307. The summed E-state index contributed by atoms with van der Waals surface area (Å²) in [5.41, 5.74) is 0.971. The molecule has 1 saturated heterocycles. The first-order valence-corrected chi connectivity index (χ1v) is 4.81. The highest BCUT2D eigenvalue weighted by atomic mass is 16.4. The van der Waals surface area contributed by atoms with Crippen LogP contribution in [-0.2, 0) is 4.79 Å². The number of benzene rings is 1. The first-order valence-electron chi connectivity index (χ1n) is 4.81. The van der Waals surface area contributed by atoms with Crippen molar-refractivity contribution in [1.29, 1.82) is 0 Å². The van der Waals surface area contributed by atoms with Crippen LogP contribution >= 0.6 is 0 Å². The van der Waals surface area contributed by atoms with Gasteiger partial charge in [-0.15, -0.1) is 0 Å². The van der Waals surface area contributed by atoms with Gasteiger partial charge < -0.3 is 14.8 Å². The standard InChI is InChI=1S/C11H13NO2/c13-11(14)10-7-4-8-12(10)9-5-2-1-3-6-9/h1-3,5-6,10H,4,7-8H2,(H,13,14)/p-1/t10-/m0/s1. The van der Waals surface area contributed by atoms with E-state index < -0.39 is 12.0 Å². The lowest BCUT2D eigenvalue weighted by atomic mass is 10.2. The zero-order valence-corrected chi connectivity index (χ0v) is 7.85. The Kier molecular flexibility index (Phi) is 2.39. The molecule has 2 rings (SSSR count). The van der Waals surface area contributed by atoms with Gasteiger partial charge in [0.15, 0.2) is 0 Å². The summed E-state index contributed by atoms with van der Waals surface area (Å²) < 4.78 is 0. The number of hydrogen-bond donors (Lipinski definition) is 0. The molecule has 1 aliphatic rings. The number of carbonyl (C=O) groups excluding carboxylic acids is 1. The number of carboxylic acid groups (broad SMARTS) is 1. The fourth-order valence-electron chi connectivity index (χ4n) is 1.94. The van der Waals surface area contributed by atoms with Crippen LogP contribution in [0, 0.1) is 0 Å². The topological polar surface area (TPSA) is 43.4 Å². The highest BCUT2D eigenvalue weighted by molar-refractivity contribution is 5.77. The van der Waals surface area contributed by atoms with E-state index in [4.69, 9.17) is 0 Å². The van der Waals surface area contributed by atoms with Gasteiger partial charge in [-0.25, -0.2) is 0 Å². The third kappa shape index (κ3) is 1.58. The minimum absolute atomic E-state index is 0.447. The third-order valence-electron chi connectivity index (χ3n) is 2.61. The number of carboxylic acids is 1. The molecule has 1 aromatic rings. The second kappa shape index (κ2) is 3.70. The Morgan fingerprint density at radius 2 is 2.07 bits per heavy atom. The van der Waals surface area contributed by atoms with Crippen LogP contribution in [0.15, 0.2) is 30.3 Å². The van der Waals surface area contributed by atoms with Crippen molar-refractivity contribution in [2.45, 2.75) is 18.9 Å². The van der Waals surface area contributed by atoms with Crippen molar-refractivity contribution in [2.24, 2.45) is 0 Å². The van der Waals surface area contributed by atoms with E-state index in [9.17, 15) is 9.90 Å². The molecule has 1 heterocycles. The Morgan fingerprint density at radius 3 is 2.71 bits per heavy atom. The van der Waals surface area contributed by atoms with Crippen LogP contribution < -0.4 is 10.0 Å². The van der Waals surface area contributed by atoms with Crippen molar-refractivity contribution >= 4 is 11.7 Å². The predicted octanol–water partition coefficient (Wildman–Crippen LogP) is 0.405. The zero-order valence-electron chi connectivity index (χ0n) is 7.85. The van der Waals surface area contributed by atoms with Crippen molar-refractivity contribution in [3.8, 4) is 0 Å². The number of para-hydroxylation sites is 1. The maximum atomic E-state index is 10.8. The van der Waals surface area contributed by atoms with E-state index in [2.05, 4.69) is 0 Å². The molecular weight excluding hydrogens is 178 g/mol. The first-order chi connectivity index (χ1) is 6.79. The summed E-state index contributed by atoms with van der Waals surface area (Å²) in [6.07, 6.45) is 1.62. The van der Waals surface area contributed by atoms with Crippen LogP contribution in [0.4, 0.5) is 5.69 Å². The van der Waals surface area contributed by atoms with Gasteiger partial charge in [0.2, 0.25) is 0 Å². The van der Waals surface area contributed by atoms with E-state index in [0.29, 0.717) is 6.42 Å². The smallest absolute Gasteiger partial charge is 0.0687 e. The van der Waals surface area contributed by atoms with E-state index in [1.165, 1.54) is 0 Å². The van der Waals surface area contributed by atoms with Gasteiger partial charge >= 0.3 is 0 Å². The zero-order chi connectivity index (χ0) is 9.97. The van der Waals surface area contributed by atoms with Gasteiger partial charge in [-0.1, -0.05) is 18.2 Å². The van der Waals surface area contributed by atoms with Gasteiger partial charge in [0.05, 0.1) is 12.0 Å². The maximum Gasteiger partial charge on any atom is 0.0687 e. The highest BCUT2D eigenvalue weighted by Gasteiger charge is 2.25. The Hall–Kier alpha value is -1.51. The van der Waals surface area contributed by atoms with Gasteiger partial charge in [-0.3, -0.25) is 0 Å².